The predicted octanol–water partition coefficient (Wildman–Crippen LogP) is 7.65. The van der Waals surface area contributed by atoms with Crippen molar-refractivity contribution < 1.29 is 52.1 Å². The van der Waals surface area contributed by atoms with Crippen molar-refractivity contribution in [1.82, 2.24) is 0 Å². The maximum Gasteiger partial charge on any atom is 0.217 e. The van der Waals surface area contributed by atoms with E-state index in [1.807, 2.05) is 149 Å². The lowest BCUT2D eigenvalue weighted by Gasteiger charge is -2.51. The fourth-order valence-corrected chi connectivity index (χ4v) is 8.25. The highest BCUT2D eigenvalue weighted by Crippen LogP contribution is 2.45. The van der Waals surface area contributed by atoms with Crippen molar-refractivity contribution in [2.24, 2.45) is 0 Å². The zero-order valence-corrected chi connectivity index (χ0v) is 34.3. The molecular weight excluding hydrogens is 753 g/mol. The molecule has 0 amide bonds. The summed E-state index contributed by atoms with van der Waals surface area (Å²) in [5, 5.41) is 0. The SMILES string of the molecule is C=C[C@]1(OCC2O[C@H]3OC(C)(C)OC3[C@H]3OC(C)(C)O[C@@H]23)OC(COCc2ccccc2)[C@H](OCc2ccccc2)[C@H](OCc2ccccc2)C1OCc1ccccc1. The molecule has 4 aromatic rings. The van der Waals surface area contributed by atoms with Gasteiger partial charge in [-0.2, -0.15) is 0 Å². The van der Waals surface area contributed by atoms with Crippen LogP contribution in [-0.2, 0) is 78.5 Å². The fourth-order valence-electron chi connectivity index (χ4n) is 8.25. The quantitative estimate of drug-likeness (QED) is 0.0984. The van der Waals surface area contributed by atoms with Crippen molar-refractivity contribution in [3.05, 3.63) is 156 Å². The van der Waals surface area contributed by atoms with E-state index in [1.54, 1.807) is 6.08 Å². The smallest absolute Gasteiger partial charge is 0.217 e. The Morgan fingerprint density at radius 3 is 1.54 bits per heavy atom. The van der Waals surface area contributed by atoms with Crippen LogP contribution in [0.25, 0.3) is 0 Å². The van der Waals surface area contributed by atoms with E-state index < -0.39 is 72.5 Å². The van der Waals surface area contributed by atoms with Gasteiger partial charge in [-0.25, -0.2) is 0 Å². The van der Waals surface area contributed by atoms with Crippen LogP contribution >= 0.6 is 0 Å². The van der Waals surface area contributed by atoms with Gasteiger partial charge in [0.2, 0.25) is 5.79 Å². The zero-order valence-electron chi connectivity index (χ0n) is 34.3. The second kappa shape index (κ2) is 18.4. The molecule has 11 heteroatoms. The van der Waals surface area contributed by atoms with Crippen molar-refractivity contribution in [3.63, 3.8) is 0 Å². The molecule has 4 saturated heterocycles. The second-order valence-corrected chi connectivity index (χ2v) is 16.3. The Hall–Kier alpha value is -3.82. The Morgan fingerprint density at radius 1 is 0.508 bits per heavy atom. The zero-order chi connectivity index (χ0) is 40.9. The van der Waals surface area contributed by atoms with Crippen LogP contribution in [0, 0.1) is 0 Å². The molecule has 4 unspecified atom stereocenters. The average molecular weight is 809 g/mol. The Balaban J connectivity index is 1.14. The van der Waals surface area contributed by atoms with Crippen LogP contribution < -0.4 is 0 Å². The van der Waals surface area contributed by atoms with E-state index in [0.717, 1.165) is 22.3 Å². The van der Waals surface area contributed by atoms with Gasteiger partial charge in [0.25, 0.3) is 0 Å². The summed E-state index contributed by atoms with van der Waals surface area (Å²) < 4.78 is 73.3. The first-order valence-corrected chi connectivity index (χ1v) is 20.5. The molecule has 59 heavy (non-hydrogen) atoms. The topological polar surface area (TPSA) is 102 Å². The van der Waals surface area contributed by atoms with Crippen LogP contribution in [0.15, 0.2) is 134 Å². The molecule has 0 radical (unpaired) electrons. The van der Waals surface area contributed by atoms with Crippen LogP contribution in [0.2, 0.25) is 0 Å². The molecule has 4 fully saturated rings. The van der Waals surface area contributed by atoms with Gasteiger partial charge in [0, 0.05) is 0 Å². The average Bonchev–Trinajstić information content (AvgIpc) is 3.76. The number of benzene rings is 4. The van der Waals surface area contributed by atoms with Gasteiger partial charge in [-0.15, -0.1) is 0 Å². The van der Waals surface area contributed by atoms with Gasteiger partial charge >= 0.3 is 0 Å². The van der Waals surface area contributed by atoms with Crippen LogP contribution in [-0.4, -0.2) is 85.7 Å². The molecule has 8 rings (SSSR count). The molecule has 0 aromatic heterocycles. The van der Waals surface area contributed by atoms with Crippen molar-refractivity contribution in [1.29, 1.82) is 0 Å². The molecule has 0 N–H and O–H groups in total. The summed E-state index contributed by atoms with van der Waals surface area (Å²) >= 11 is 0. The van der Waals surface area contributed by atoms with Gasteiger partial charge < -0.3 is 52.1 Å². The molecule has 10 atom stereocenters. The van der Waals surface area contributed by atoms with E-state index in [9.17, 15) is 0 Å². The van der Waals surface area contributed by atoms with Gasteiger partial charge in [-0.1, -0.05) is 128 Å². The third-order valence-corrected chi connectivity index (χ3v) is 11.0. The summed E-state index contributed by atoms with van der Waals surface area (Å²) in [4.78, 5) is 0. The molecule has 0 saturated carbocycles. The van der Waals surface area contributed by atoms with Gasteiger partial charge in [0.05, 0.1) is 39.6 Å². The van der Waals surface area contributed by atoms with Crippen molar-refractivity contribution >= 4 is 0 Å². The van der Waals surface area contributed by atoms with Crippen LogP contribution in [0.4, 0.5) is 0 Å². The first-order chi connectivity index (χ1) is 28.6. The highest BCUT2D eigenvalue weighted by atomic mass is 16.9. The van der Waals surface area contributed by atoms with E-state index >= 15 is 0 Å². The molecular formula is C48H56O11. The minimum atomic E-state index is -1.58. The highest BCUT2D eigenvalue weighted by Gasteiger charge is 2.62. The van der Waals surface area contributed by atoms with Crippen LogP contribution in [0.1, 0.15) is 49.9 Å². The Labute approximate surface area is 347 Å². The second-order valence-electron chi connectivity index (χ2n) is 16.3. The standard InChI is InChI=1S/C48H56O11/c1-6-48(53-32-37-40-41(57-46(2,3)56-40)43-45(54-37)59-47(4,5)58-43)44(52-30-36-25-17-10-18-26-36)42(51-29-35-23-15-9-16-24-35)39(50-28-34-21-13-8-14-22-34)38(55-48)31-49-27-33-19-11-7-12-20-33/h6-26,37-45H,1,27-32H2,2-5H3/t37?,38?,39-,40-,41-,42-,43?,44?,45-,48-/m0/s1. The molecule has 314 valence electrons. The number of hydrogen-bond donors (Lipinski definition) is 0. The van der Waals surface area contributed by atoms with Gasteiger partial charge in [0.1, 0.15) is 48.8 Å². The lowest BCUT2D eigenvalue weighted by molar-refractivity contribution is -0.371. The Morgan fingerprint density at radius 2 is 0.983 bits per heavy atom. The Kier molecular flexibility index (Phi) is 13.1. The third-order valence-electron chi connectivity index (χ3n) is 11.0. The molecule has 0 bridgehead atoms. The van der Waals surface area contributed by atoms with Gasteiger partial charge in [-0.3, -0.25) is 0 Å². The van der Waals surface area contributed by atoms with Crippen LogP contribution in [0.3, 0.4) is 0 Å². The molecule has 11 nitrogen and oxygen atoms in total. The molecule has 4 aliphatic rings. The number of hydrogen-bond acceptors (Lipinski definition) is 11. The van der Waals surface area contributed by atoms with Crippen molar-refractivity contribution in [2.75, 3.05) is 13.2 Å². The monoisotopic (exact) mass is 808 g/mol. The summed E-state index contributed by atoms with van der Waals surface area (Å²) in [5.41, 5.74) is 3.99. The minimum absolute atomic E-state index is 0.00334. The maximum atomic E-state index is 7.13. The number of ether oxygens (including phenoxy) is 11. The first-order valence-electron chi connectivity index (χ1n) is 20.5. The Bertz CT molecular complexity index is 1910. The lowest BCUT2D eigenvalue weighted by Crippen LogP contribution is -2.68. The van der Waals surface area contributed by atoms with E-state index in [1.165, 1.54) is 0 Å². The third kappa shape index (κ3) is 10.0. The van der Waals surface area contributed by atoms with Gasteiger partial charge in [-0.05, 0) is 56.0 Å². The molecule has 4 heterocycles. The van der Waals surface area contributed by atoms with Crippen LogP contribution in [0.5, 0.6) is 0 Å². The molecule has 0 spiro atoms. The summed E-state index contributed by atoms with van der Waals surface area (Å²) in [7, 11) is 0. The van der Waals surface area contributed by atoms with Crippen molar-refractivity contribution in [2.45, 2.75) is 127 Å². The number of fused-ring (bicyclic) bond motifs is 3. The predicted molar refractivity (Wildman–Crippen MR) is 217 cm³/mol. The summed E-state index contributed by atoms with van der Waals surface area (Å²) in [5.74, 6) is -3.34. The fraction of sp³-hybridized carbons (Fsp3) is 0.458. The largest absolute Gasteiger partial charge is 0.374 e. The van der Waals surface area contributed by atoms with E-state index in [4.69, 9.17) is 52.1 Å². The molecule has 0 aliphatic carbocycles. The number of rotatable bonds is 17. The highest BCUT2D eigenvalue weighted by molar-refractivity contribution is 5.18. The molecule has 4 aliphatic heterocycles. The summed E-state index contributed by atoms with van der Waals surface area (Å²) in [6, 6.07) is 40.0. The van der Waals surface area contributed by atoms with Crippen molar-refractivity contribution in [3.8, 4) is 0 Å². The van der Waals surface area contributed by atoms with E-state index in [-0.39, 0.29) is 26.4 Å². The van der Waals surface area contributed by atoms with E-state index in [2.05, 4.69) is 6.58 Å². The molecule has 4 aromatic carbocycles. The summed E-state index contributed by atoms with van der Waals surface area (Å²) in [6.07, 6.45) is -4.16. The summed E-state index contributed by atoms with van der Waals surface area (Å²) in [6.45, 7) is 13.1. The maximum absolute atomic E-state index is 7.13. The van der Waals surface area contributed by atoms with E-state index in [0.29, 0.717) is 13.2 Å². The van der Waals surface area contributed by atoms with Gasteiger partial charge in [0.15, 0.2) is 17.9 Å². The lowest BCUT2D eigenvalue weighted by atomic mass is 9.91. The minimum Gasteiger partial charge on any atom is -0.374 e. The first kappa shape index (κ1) is 41.9. The normalized spacial score (nSPS) is 32.0.